The average Bonchev–Trinajstić information content (AvgIpc) is 2.37. The number of alkyl halides is 3. The predicted molar refractivity (Wildman–Crippen MR) is 75.0 cm³/mol. The molecule has 0 fully saturated rings. The third-order valence-electron chi connectivity index (χ3n) is 2.71. The zero-order chi connectivity index (χ0) is 15.3. The van der Waals surface area contributed by atoms with E-state index in [1.54, 1.807) is 0 Å². The summed E-state index contributed by atoms with van der Waals surface area (Å²) in [5.74, 6) is -0.385. The second-order valence-corrected chi connectivity index (χ2v) is 4.45. The van der Waals surface area contributed by atoms with Crippen LogP contribution in [0.2, 0.25) is 0 Å². The van der Waals surface area contributed by atoms with Gasteiger partial charge in [-0.15, -0.1) is 12.4 Å². The van der Waals surface area contributed by atoms with Gasteiger partial charge < -0.3 is 15.4 Å². The smallest absolute Gasteiger partial charge is 0.383 e. The molecule has 0 saturated heterocycles. The van der Waals surface area contributed by atoms with Crippen molar-refractivity contribution in [2.45, 2.75) is 18.8 Å². The highest BCUT2D eigenvalue weighted by Crippen LogP contribution is 2.29. The lowest BCUT2D eigenvalue weighted by Gasteiger charge is -2.21. The van der Waals surface area contributed by atoms with Crippen molar-refractivity contribution < 1.29 is 22.7 Å². The van der Waals surface area contributed by atoms with Gasteiger partial charge >= 0.3 is 6.18 Å². The fraction of sp³-hybridized carbons (Fsp3) is 0.462. The van der Waals surface area contributed by atoms with Crippen LogP contribution in [0.5, 0.6) is 0 Å². The van der Waals surface area contributed by atoms with Crippen LogP contribution in [0.1, 0.15) is 11.1 Å². The number of benzene rings is 1. The first-order valence-corrected chi connectivity index (χ1v) is 5.91. The lowest BCUT2D eigenvalue weighted by molar-refractivity contribution is -0.137. The minimum Gasteiger partial charge on any atom is -0.383 e. The first kappa shape index (κ1) is 19.7. The van der Waals surface area contributed by atoms with Crippen molar-refractivity contribution in [3.63, 3.8) is 0 Å². The fourth-order valence-electron chi connectivity index (χ4n) is 1.73. The van der Waals surface area contributed by atoms with Gasteiger partial charge in [0.2, 0.25) is 5.91 Å². The Morgan fingerprint density at radius 2 is 2.05 bits per heavy atom. The summed E-state index contributed by atoms with van der Waals surface area (Å²) in [7, 11) is 2.90. The van der Waals surface area contributed by atoms with Crippen LogP contribution in [0.3, 0.4) is 0 Å². The number of nitrogens with two attached hydrogens (primary N) is 1. The van der Waals surface area contributed by atoms with E-state index in [1.165, 1.54) is 31.2 Å². The third-order valence-corrected chi connectivity index (χ3v) is 2.71. The molecule has 0 aromatic heterocycles. The molecule has 2 N–H and O–H groups in total. The van der Waals surface area contributed by atoms with Gasteiger partial charge in [0.1, 0.15) is 6.04 Å². The number of ether oxygens (including phenoxy) is 1. The molecule has 1 rings (SSSR count). The minimum atomic E-state index is -4.40. The van der Waals surface area contributed by atoms with Gasteiger partial charge in [-0.25, -0.2) is 0 Å². The van der Waals surface area contributed by atoms with Gasteiger partial charge in [0.25, 0.3) is 0 Å². The van der Waals surface area contributed by atoms with E-state index < -0.39 is 17.8 Å². The molecule has 4 nitrogen and oxygen atoms in total. The van der Waals surface area contributed by atoms with E-state index in [0.29, 0.717) is 5.56 Å². The quantitative estimate of drug-likeness (QED) is 0.901. The number of carbonyl (C=O) groups is 1. The Morgan fingerprint density at radius 3 is 2.57 bits per heavy atom. The molecule has 0 aliphatic carbocycles. The van der Waals surface area contributed by atoms with Crippen LogP contribution >= 0.6 is 12.4 Å². The van der Waals surface area contributed by atoms with Crippen LogP contribution in [0, 0.1) is 0 Å². The summed E-state index contributed by atoms with van der Waals surface area (Å²) in [5, 5.41) is 0. The van der Waals surface area contributed by atoms with Crippen molar-refractivity contribution in [3.8, 4) is 0 Å². The molecule has 1 amide bonds. The second kappa shape index (κ2) is 8.21. The van der Waals surface area contributed by atoms with Gasteiger partial charge in [0.15, 0.2) is 0 Å². The Hall–Kier alpha value is -1.31. The van der Waals surface area contributed by atoms with Crippen molar-refractivity contribution >= 4 is 18.3 Å². The summed E-state index contributed by atoms with van der Waals surface area (Å²) in [6.07, 6.45) is -4.40. The number of rotatable bonds is 5. The number of likely N-dealkylation sites (N-methyl/N-ethyl adjacent to an activating group) is 1. The fourth-order valence-corrected chi connectivity index (χ4v) is 1.73. The normalized spacial score (nSPS) is 12.5. The van der Waals surface area contributed by atoms with Crippen LogP contribution in [-0.4, -0.2) is 37.6 Å². The van der Waals surface area contributed by atoms with Gasteiger partial charge in [-0.3, -0.25) is 4.79 Å². The van der Waals surface area contributed by atoms with Gasteiger partial charge in [-0.2, -0.15) is 13.2 Å². The lowest BCUT2D eigenvalue weighted by Crippen LogP contribution is -2.44. The Morgan fingerprint density at radius 1 is 1.43 bits per heavy atom. The Balaban J connectivity index is 0.00000400. The monoisotopic (exact) mass is 326 g/mol. The molecule has 120 valence electrons. The average molecular weight is 327 g/mol. The Kier molecular flexibility index (Phi) is 7.70. The molecular weight excluding hydrogens is 309 g/mol. The molecule has 1 aromatic carbocycles. The minimum absolute atomic E-state index is 0. The highest BCUT2D eigenvalue weighted by atomic mass is 35.5. The van der Waals surface area contributed by atoms with E-state index in [2.05, 4.69) is 0 Å². The number of nitrogens with zero attached hydrogens (tertiary/aromatic N) is 1. The number of carbonyl (C=O) groups excluding carboxylic acids is 1. The van der Waals surface area contributed by atoms with Crippen LogP contribution in [0.4, 0.5) is 13.2 Å². The van der Waals surface area contributed by atoms with E-state index in [4.69, 9.17) is 10.5 Å². The number of amides is 1. The highest BCUT2D eigenvalue weighted by molar-refractivity contribution is 5.85. The number of hydrogen-bond acceptors (Lipinski definition) is 3. The maximum Gasteiger partial charge on any atom is 0.416 e. The lowest BCUT2D eigenvalue weighted by atomic mass is 10.1. The number of halogens is 4. The molecule has 0 saturated carbocycles. The largest absolute Gasteiger partial charge is 0.416 e. The molecule has 1 aromatic rings. The Labute approximate surface area is 127 Å². The molecule has 8 heteroatoms. The predicted octanol–water partition coefficient (Wildman–Crippen LogP) is 2.06. The van der Waals surface area contributed by atoms with Crippen LogP contribution in [0.15, 0.2) is 24.3 Å². The van der Waals surface area contributed by atoms with Crippen LogP contribution in [0.25, 0.3) is 0 Å². The topological polar surface area (TPSA) is 55.6 Å². The molecular formula is C13H18ClF3N2O2. The Bertz CT molecular complexity index is 469. The van der Waals surface area contributed by atoms with E-state index in [9.17, 15) is 18.0 Å². The molecule has 0 bridgehead atoms. The summed E-state index contributed by atoms with van der Waals surface area (Å²) < 4.78 is 42.5. The van der Waals surface area contributed by atoms with E-state index in [-0.39, 0.29) is 31.5 Å². The zero-order valence-corrected chi connectivity index (χ0v) is 12.5. The number of methoxy groups -OCH3 is 1. The summed E-state index contributed by atoms with van der Waals surface area (Å²) >= 11 is 0. The van der Waals surface area contributed by atoms with E-state index in [1.807, 2.05) is 0 Å². The molecule has 0 spiro atoms. The van der Waals surface area contributed by atoms with Gasteiger partial charge in [-0.1, -0.05) is 12.1 Å². The third kappa shape index (κ3) is 5.91. The van der Waals surface area contributed by atoms with Crippen LogP contribution in [-0.2, 0) is 22.3 Å². The van der Waals surface area contributed by atoms with E-state index in [0.717, 1.165) is 12.1 Å². The van der Waals surface area contributed by atoms with Crippen molar-refractivity contribution in [1.29, 1.82) is 0 Å². The SMILES string of the molecule is COCC(N)C(=O)N(C)Cc1cccc(C(F)(F)F)c1.Cl. The molecule has 0 aliphatic heterocycles. The van der Waals surface area contributed by atoms with Crippen LogP contribution < -0.4 is 5.73 Å². The standard InChI is InChI=1S/C13H17F3N2O2.ClH/c1-18(12(19)11(17)8-20-2)7-9-4-3-5-10(6-9)13(14,15)16;/h3-6,11H,7-8,17H2,1-2H3;1H. The van der Waals surface area contributed by atoms with Crippen molar-refractivity contribution in [2.75, 3.05) is 20.8 Å². The molecule has 1 atom stereocenters. The maximum atomic E-state index is 12.6. The summed E-state index contributed by atoms with van der Waals surface area (Å²) in [4.78, 5) is 13.1. The molecule has 0 heterocycles. The van der Waals surface area contributed by atoms with Gasteiger partial charge in [0, 0.05) is 20.7 Å². The van der Waals surface area contributed by atoms with Crippen molar-refractivity contribution in [3.05, 3.63) is 35.4 Å². The highest BCUT2D eigenvalue weighted by Gasteiger charge is 2.30. The summed E-state index contributed by atoms with van der Waals surface area (Å²) in [6, 6.07) is 4.02. The first-order chi connectivity index (χ1) is 9.25. The molecule has 0 radical (unpaired) electrons. The number of hydrogen-bond donors (Lipinski definition) is 1. The summed E-state index contributed by atoms with van der Waals surface area (Å²) in [6.45, 7) is 0.117. The van der Waals surface area contributed by atoms with E-state index >= 15 is 0 Å². The van der Waals surface area contributed by atoms with Gasteiger partial charge in [0.05, 0.1) is 12.2 Å². The first-order valence-electron chi connectivity index (χ1n) is 5.91. The zero-order valence-electron chi connectivity index (χ0n) is 11.7. The molecule has 0 aliphatic rings. The van der Waals surface area contributed by atoms with Crippen molar-refractivity contribution in [1.82, 2.24) is 4.90 Å². The van der Waals surface area contributed by atoms with Gasteiger partial charge in [-0.05, 0) is 17.7 Å². The second-order valence-electron chi connectivity index (χ2n) is 4.45. The maximum absolute atomic E-state index is 12.6. The molecule has 21 heavy (non-hydrogen) atoms. The molecule has 1 unspecified atom stereocenters. The summed E-state index contributed by atoms with van der Waals surface area (Å²) in [5.41, 5.74) is 5.24. The van der Waals surface area contributed by atoms with Crippen molar-refractivity contribution in [2.24, 2.45) is 5.73 Å².